The first kappa shape index (κ1) is 13.6. The molecule has 0 amide bonds. The van der Waals surface area contributed by atoms with E-state index in [0.717, 1.165) is 11.5 Å². The van der Waals surface area contributed by atoms with Crippen LogP contribution in [0.15, 0.2) is 22.9 Å². The van der Waals surface area contributed by atoms with Crippen molar-refractivity contribution in [2.24, 2.45) is 0 Å². The van der Waals surface area contributed by atoms with E-state index in [1.165, 1.54) is 18.3 Å². The van der Waals surface area contributed by atoms with Crippen LogP contribution in [0.3, 0.4) is 0 Å². The summed E-state index contributed by atoms with van der Waals surface area (Å²) >= 11 is 1.15. The van der Waals surface area contributed by atoms with Crippen molar-refractivity contribution in [1.82, 2.24) is 24.5 Å². The molecular formula is C11H6F3N5OS. The number of rotatable bonds is 2. The second-order valence-electron chi connectivity index (χ2n) is 4.00. The SMILES string of the molecule is Cc1nsc(-c2cc(-c3noc(C(F)(F)F)n3)ccn2)n1. The number of aromatic nitrogens is 5. The molecule has 0 aliphatic rings. The number of hydrogen-bond acceptors (Lipinski definition) is 7. The van der Waals surface area contributed by atoms with E-state index in [9.17, 15) is 13.2 Å². The van der Waals surface area contributed by atoms with Crippen molar-refractivity contribution in [2.45, 2.75) is 13.1 Å². The zero-order chi connectivity index (χ0) is 15.0. The van der Waals surface area contributed by atoms with E-state index in [1.54, 1.807) is 6.92 Å². The van der Waals surface area contributed by atoms with Crippen molar-refractivity contribution in [3.8, 4) is 22.1 Å². The van der Waals surface area contributed by atoms with Crippen molar-refractivity contribution in [2.75, 3.05) is 0 Å². The molecule has 0 N–H and O–H groups in total. The second kappa shape index (κ2) is 4.88. The molecule has 0 aliphatic carbocycles. The van der Waals surface area contributed by atoms with Crippen molar-refractivity contribution in [1.29, 1.82) is 0 Å². The van der Waals surface area contributed by atoms with E-state index in [2.05, 4.69) is 29.0 Å². The van der Waals surface area contributed by atoms with Crippen LogP contribution in [0.2, 0.25) is 0 Å². The summed E-state index contributed by atoms with van der Waals surface area (Å²) in [5, 5.41) is 3.89. The molecule has 0 spiro atoms. The van der Waals surface area contributed by atoms with Gasteiger partial charge in [0.2, 0.25) is 5.82 Å². The molecule has 0 fully saturated rings. The third kappa shape index (κ3) is 2.75. The van der Waals surface area contributed by atoms with Gasteiger partial charge < -0.3 is 4.52 Å². The Morgan fingerprint density at radius 1 is 1.24 bits per heavy atom. The number of pyridine rings is 1. The van der Waals surface area contributed by atoms with E-state index >= 15 is 0 Å². The normalized spacial score (nSPS) is 11.8. The number of alkyl halides is 3. The fraction of sp³-hybridized carbons (Fsp3) is 0.182. The van der Waals surface area contributed by atoms with Crippen molar-refractivity contribution in [3.63, 3.8) is 0 Å². The third-order valence-electron chi connectivity index (χ3n) is 2.43. The highest BCUT2D eigenvalue weighted by atomic mass is 32.1. The van der Waals surface area contributed by atoms with E-state index in [-0.39, 0.29) is 5.82 Å². The first-order valence-corrected chi connectivity index (χ1v) is 6.39. The second-order valence-corrected chi connectivity index (χ2v) is 4.75. The van der Waals surface area contributed by atoms with Crippen molar-refractivity contribution >= 4 is 11.5 Å². The molecule has 0 bridgehead atoms. The molecule has 3 aromatic heterocycles. The molecule has 0 atom stereocenters. The highest BCUT2D eigenvalue weighted by Crippen LogP contribution is 2.30. The lowest BCUT2D eigenvalue weighted by Gasteiger charge is -1.98. The van der Waals surface area contributed by atoms with Gasteiger partial charge in [0.1, 0.15) is 11.5 Å². The van der Waals surface area contributed by atoms with E-state index in [1.807, 2.05) is 0 Å². The summed E-state index contributed by atoms with van der Waals surface area (Å²) < 4.78 is 45.5. The molecular weight excluding hydrogens is 307 g/mol. The molecule has 0 saturated carbocycles. The Labute approximate surface area is 119 Å². The fourth-order valence-electron chi connectivity index (χ4n) is 1.54. The number of nitrogens with zero attached hydrogens (tertiary/aromatic N) is 5. The molecule has 0 radical (unpaired) electrons. The highest BCUT2D eigenvalue weighted by molar-refractivity contribution is 7.09. The molecule has 10 heteroatoms. The molecule has 0 unspecified atom stereocenters. The predicted octanol–water partition coefficient (Wildman–Crippen LogP) is 2.98. The summed E-state index contributed by atoms with van der Waals surface area (Å²) in [6, 6.07) is 3.02. The summed E-state index contributed by atoms with van der Waals surface area (Å²) in [7, 11) is 0. The molecule has 21 heavy (non-hydrogen) atoms. The average molecular weight is 313 g/mol. The van der Waals surface area contributed by atoms with Gasteiger partial charge in [-0.1, -0.05) is 5.16 Å². The van der Waals surface area contributed by atoms with Crippen LogP contribution in [-0.4, -0.2) is 24.5 Å². The van der Waals surface area contributed by atoms with Crippen LogP contribution >= 0.6 is 11.5 Å². The Balaban J connectivity index is 1.98. The summed E-state index contributed by atoms with van der Waals surface area (Å²) in [4.78, 5) is 11.6. The lowest BCUT2D eigenvalue weighted by molar-refractivity contribution is -0.159. The highest BCUT2D eigenvalue weighted by Gasteiger charge is 2.38. The van der Waals surface area contributed by atoms with Crippen LogP contribution in [0.4, 0.5) is 13.2 Å². The minimum Gasteiger partial charge on any atom is -0.329 e. The number of aryl methyl sites for hydroxylation is 1. The Bertz CT molecular complexity index is 782. The maximum atomic E-state index is 12.4. The average Bonchev–Trinajstić information content (AvgIpc) is 3.07. The van der Waals surface area contributed by atoms with Crippen LogP contribution in [-0.2, 0) is 6.18 Å². The van der Waals surface area contributed by atoms with Gasteiger partial charge in [0.25, 0.3) is 0 Å². The zero-order valence-corrected chi connectivity index (χ0v) is 11.2. The first-order chi connectivity index (χ1) is 9.93. The number of halogens is 3. The molecule has 0 saturated heterocycles. The van der Waals surface area contributed by atoms with Gasteiger partial charge in [0, 0.05) is 11.8 Å². The lowest BCUT2D eigenvalue weighted by atomic mass is 10.2. The first-order valence-electron chi connectivity index (χ1n) is 5.61. The Morgan fingerprint density at radius 3 is 2.67 bits per heavy atom. The minimum atomic E-state index is -4.67. The zero-order valence-electron chi connectivity index (χ0n) is 10.4. The Morgan fingerprint density at radius 2 is 2.05 bits per heavy atom. The third-order valence-corrected chi connectivity index (χ3v) is 3.26. The lowest BCUT2D eigenvalue weighted by Crippen LogP contribution is -2.04. The quantitative estimate of drug-likeness (QED) is 0.724. The Kier molecular flexibility index (Phi) is 3.16. The van der Waals surface area contributed by atoms with Gasteiger partial charge in [0.15, 0.2) is 5.01 Å². The molecule has 3 rings (SSSR count). The maximum absolute atomic E-state index is 12.4. The van der Waals surface area contributed by atoms with Gasteiger partial charge in [-0.15, -0.1) is 0 Å². The fourth-order valence-corrected chi connectivity index (χ4v) is 2.18. The van der Waals surface area contributed by atoms with E-state index in [0.29, 0.717) is 22.1 Å². The predicted molar refractivity (Wildman–Crippen MR) is 66.2 cm³/mol. The van der Waals surface area contributed by atoms with Crippen LogP contribution in [0, 0.1) is 6.92 Å². The van der Waals surface area contributed by atoms with Crippen LogP contribution < -0.4 is 0 Å². The van der Waals surface area contributed by atoms with Gasteiger partial charge in [-0.2, -0.15) is 22.5 Å². The smallest absolute Gasteiger partial charge is 0.329 e. The van der Waals surface area contributed by atoms with Crippen LogP contribution in [0.25, 0.3) is 22.1 Å². The maximum Gasteiger partial charge on any atom is 0.471 e. The van der Waals surface area contributed by atoms with Gasteiger partial charge in [-0.25, -0.2) is 4.98 Å². The molecule has 3 heterocycles. The minimum absolute atomic E-state index is 0.160. The molecule has 3 aromatic rings. The molecule has 0 aliphatic heterocycles. The number of hydrogen-bond donors (Lipinski definition) is 0. The van der Waals surface area contributed by atoms with E-state index in [4.69, 9.17) is 0 Å². The molecule has 0 aromatic carbocycles. The summed E-state index contributed by atoms with van der Waals surface area (Å²) in [5.41, 5.74) is 0.837. The van der Waals surface area contributed by atoms with Gasteiger partial charge in [0.05, 0.1) is 0 Å². The molecule has 6 nitrogen and oxygen atoms in total. The van der Waals surface area contributed by atoms with Gasteiger partial charge in [-0.3, -0.25) is 4.98 Å². The topological polar surface area (TPSA) is 77.6 Å². The monoisotopic (exact) mass is 313 g/mol. The van der Waals surface area contributed by atoms with E-state index < -0.39 is 12.1 Å². The standard InChI is InChI=1S/C11H6F3N5OS/c1-5-16-9(21-19-5)7-4-6(2-3-15-7)8-17-10(20-18-8)11(12,13)14/h2-4H,1H3. The summed E-state index contributed by atoms with van der Waals surface area (Å²) in [6.07, 6.45) is -3.23. The summed E-state index contributed by atoms with van der Waals surface area (Å²) in [5.74, 6) is -0.948. The molecule has 108 valence electrons. The van der Waals surface area contributed by atoms with Crippen LogP contribution in [0.1, 0.15) is 11.7 Å². The summed E-state index contributed by atoms with van der Waals surface area (Å²) in [6.45, 7) is 1.73. The van der Waals surface area contributed by atoms with Gasteiger partial charge in [-0.05, 0) is 30.6 Å². The Hall–Kier alpha value is -2.36. The van der Waals surface area contributed by atoms with Crippen molar-refractivity contribution < 1.29 is 17.7 Å². The largest absolute Gasteiger partial charge is 0.471 e. The van der Waals surface area contributed by atoms with Crippen LogP contribution in [0.5, 0.6) is 0 Å². The van der Waals surface area contributed by atoms with Crippen molar-refractivity contribution in [3.05, 3.63) is 30.0 Å². The van der Waals surface area contributed by atoms with Gasteiger partial charge >= 0.3 is 12.1 Å².